The number of hydrogen-bond acceptors (Lipinski definition) is 6. The van der Waals surface area contributed by atoms with Gasteiger partial charge in [-0.15, -0.1) is 35.8 Å². The second-order valence-corrected chi connectivity index (χ2v) is 7.58. The number of hydrogen-bond donors (Lipinski definition) is 0. The number of aromatic nitrogens is 3. The molecule has 4 aromatic rings. The molecule has 0 aliphatic carbocycles. The molecular weight excluding hydrogens is 410 g/mol. The average Bonchev–Trinajstić information content (AvgIpc) is 3.37. The zero-order valence-corrected chi connectivity index (χ0v) is 17.5. The van der Waals surface area contributed by atoms with E-state index in [1.54, 1.807) is 30.8 Å². The molecule has 0 aromatic carbocycles. The van der Waals surface area contributed by atoms with E-state index in [1.165, 1.54) is 11.3 Å². The third-order valence-electron chi connectivity index (χ3n) is 3.75. The number of aliphatic imine (C=N–C) groups is 2. The number of pyridine rings is 2. The summed E-state index contributed by atoms with van der Waals surface area (Å²) in [6, 6.07) is 7.84. The van der Waals surface area contributed by atoms with E-state index in [1.807, 2.05) is 29.6 Å². The van der Waals surface area contributed by atoms with Crippen molar-refractivity contribution in [3.8, 4) is 21.1 Å². The van der Waals surface area contributed by atoms with Gasteiger partial charge in [-0.25, -0.2) is 15.0 Å². The van der Waals surface area contributed by atoms with Gasteiger partial charge in [0.15, 0.2) is 5.84 Å². The molecule has 0 saturated heterocycles. The Bertz CT molecular complexity index is 1150. The predicted octanol–water partition coefficient (Wildman–Crippen LogP) is 6.01. The normalized spacial score (nSPS) is 11.1. The van der Waals surface area contributed by atoms with Gasteiger partial charge >= 0.3 is 0 Å². The predicted molar refractivity (Wildman–Crippen MR) is 122 cm³/mol. The molecule has 0 unspecified atom stereocenters. The molecular formula is C20H16ClN5S2. The molecule has 0 saturated carbocycles. The summed E-state index contributed by atoms with van der Waals surface area (Å²) in [6.45, 7) is 9.58. The summed E-state index contributed by atoms with van der Waals surface area (Å²) in [5.74, 6) is 0.495. The van der Waals surface area contributed by atoms with Crippen molar-refractivity contribution < 1.29 is 0 Å². The minimum absolute atomic E-state index is 0.424. The van der Waals surface area contributed by atoms with Crippen molar-refractivity contribution in [1.82, 2.24) is 15.0 Å². The first-order chi connectivity index (χ1) is 13.7. The summed E-state index contributed by atoms with van der Waals surface area (Å²) < 4.78 is 1.09. The molecule has 0 spiro atoms. The fraction of sp³-hybridized carbons (Fsp3) is 0.0500. The van der Waals surface area contributed by atoms with Crippen LogP contribution in [0, 0.1) is 0 Å². The zero-order chi connectivity index (χ0) is 20.1. The summed E-state index contributed by atoms with van der Waals surface area (Å²) in [7, 11) is 1.67. The summed E-state index contributed by atoms with van der Waals surface area (Å²) in [4.78, 5) is 22.4. The first kappa shape index (κ1) is 20.0. The second-order valence-electron chi connectivity index (χ2n) is 5.27. The van der Waals surface area contributed by atoms with Crippen molar-refractivity contribution in [3.63, 3.8) is 0 Å². The van der Waals surface area contributed by atoms with Gasteiger partial charge in [-0.3, -0.25) is 9.98 Å². The summed E-state index contributed by atoms with van der Waals surface area (Å²) >= 11 is 9.60. The highest BCUT2D eigenvalue weighted by molar-refractivity contribution is 7.19. The molecule has 8 heteroatoms. The molecule has 28 heavy (non-hydrogen) atoms. The number of nitrogens with zero attached hydrogens (tertiary/aromatic N) is 5. The van der Waals surface area contributed by atoms with Gasteiger partial charge in [0.2, 0.25) is 0 Å². The van der Waals surface area contributed by atoms with Crippen molar-refractivity contribution in [1.29, 1.82) is 0 Å². The Morgan fingerprint density at radius 1 is 1.21 bits per heavy atom. The third-order valence-corrected chi connectivity index (χ3v) is 6.11. The van der Waals surface area contributed by atoms with Gasteiger partial charge in [-0.1, -0.05) is 11.6 Å². The highest BCUT2D eigenvalue weighted by Gasteiger charge is 2.19. The number of fused-ring (bicyclic) bond motifs is 1. The minimum Gasteiger partial charge on any atom is -0.268 e. The fourth-order valence-electron chi connectivity index (χ4n) is 2.58. The first-order valence-corrected chi connectivity index (χ1v) is 10.2. The van der Waals surface area contributed by atoms with Gasteiger partial charge in [0.25, 0.3) is 0 Å². The second kappa shape index (κ2) is 8.97. The third kappa shape index (κ3) is 3.77. The maximum atomic E-state index is 6.47. The van der Waals surface area contributed by atoms with E-state index in [0.29, 0.717) is 16.7 Å². The lowest BCUT2D eigenvalue weighted by Gasteiger charge is -2.05. The van der Waals surface area contributed by atoms with Gasteiger partial charge in [0, 0.05) is 35.1 Å². The summed E-state index contributed by atoms with van der Waals surface area (Å²) in [5.41, 5.74) is 2.37. The van der Waals surface area contributed by atoms with Crippen molar-refractivity contribution in [3.05, 3.63) is 66.0 Å². The van der Waals surface area contributed by atoms with Crippen LogP contribution in [-0.4, -0.2) is 34.6 Å². The topological polar surface area (TPSA) is 63.4 Å². The number of amidine groups is 1. The first-order valence-electron chi connectivity index (χ1n) is 8.10. The van der Waals surface area contributed by atoms with Crippen LogP contribution in [0.4, 0.5) is 0 Å². The summed E-state index contributed by atoms with van der Waals surface area (Å²) in [5, 5.41) is 4.29. The quantitative estimate of drug-likeness (QED) is 0.229. The molecule has 0 amide bonds. The van der Waals surface area contributed by atoms with Crippen molar-refractivity contribution >= 4 is 56.9 Å². The van der Waals surface area contributed by atoms with Crippen LogP contribution in [0.3, 0.4) is 0 Å². The summed E-state index contributed by atoms with van der Waals surface area (Å²) in [6.07, 6.45) is 3.50. The molecule has 0 aliphatic rings. The molecule has 0 fully saturated rings. The van der Waals surface area contributed by atoms with Gasteiger partial charge in [0.05, 0.1) is 10.6 Å². The van der Waals surface area contributed by atoms with E-state index >= 15 is 0 Å². The Kier molecular flexibility index (Phi) is 6.41. The molecule has 0 atom stereocenters. The average molecular weight is 426 g/mol. The highest BCUT2D eigenvalue weighted by Crippen LogP contribution is 2.41. The van der Waals surface area contributed by atoms with Crippen LogP contribution in [-0.2, 0) is 0 Å². The Hall–Kier alpha value is -2.74. The van der Waals surface area contributed by atoms with Crippen LogP contribution < -0.4 is 0 Å². The van der Waals surface area contributed by atoms with Crippen molar-refractivity contribution in [2.24, 2.45) is 9.98 Å². The lowest BCUT2D eigenvalue weighted by atomic mass is 10.2. The number of rotatable bonds is 3. The highest BCUT2D eigenvalue weighted by atomic mass is 35.5. The number of halogens is 1. The number of thiophene rings is 1. The minimum atomic E-state index is 0.424. The Morgan fingerprint density at radius 2 is 2.04 bits per heavy atom. The van der Waals surface area contributed by atoms with Crippen molar-refractivity contribution in [2.45, 2.75) is 0 Å². The molecule has 0 N–H and O–H groups in total. The monoisotopic (exact) mass is 425 g/mol. The van der Waals surface area contributed by atoms with Gasteiger partial charge < -0.3 is 0 Å². The van der Waals surface area contributed by atoms with Gasteiger partial charge in [-0.2, -0.15) is 0 Å². The Balaban J connectivity index is 0.00000109. The van der Waals surface area contributed by atoms with Crippen LogP contribution in [0.2, 0.25) is 5.15 Å². The number of thiazole rings is 1. The van der Waals surface area contributed by atoms with Crippen LogP contribution in [0.5, 0.6) is 0 Å². The Morgan fingerprint density at radius 3 is 2.71 bits per heavy atom. The van der Waals surface area contributed by atoms with Gasteiger partial charge in [-0.05, 0) is 36.4 Å². The lowest BCUT2D eigenvalue weighted by Crippen LogP contribution is -2.01. The molecule has 140 valence electrons. The standard InChI is InChI=1S/C18H12ClN5S2.C2H4/c1-20-17(21-2)12-8-13-11(5-7-25-13)14(23-12)15-16(19)24-18(26-15)10-4-3-6-22-9-10;1-2/h3-9H,1H2,2H3;1-2H2. The van der Waals surface area contributed by atoms with E-state index < -0.39 is 0 Å². The molecule has 0 aliphatic heterocycles. The van der Waals surface area contributed by atoms with E-state index in [4.69, 9.17) is 16.6 Å². The molecule has 0 bridgehead atoms. The lowest BCUT2D eigenvalue weighted by molar-refractivity contribution is 1.28. The van der Waals surface area contributed by atoms with E-state index in [9.17, 15) is 0 Å². The maximum Gasteiger partial charge on any atom is 0.172 e. The van der Waals surface area contributed by atoms with Crippen molar-refractivity contribution in [2.75, 3.05) is 7.05 Å². The fourth-order valence-corrected chi connectivity index (χ4v) is 4.69. The molecule has 5 nitrogen and oxygen atoms in total. The van der Waals surface area contributed by atoms with E-state index in [0.717, 1.165) is 31.2 Å². The maximum absolute atomic E-state index is 6.47. The SMILES string of the molecule is C=C.C=NC(=NC)c1cc2sccc2c(-c2sc(-c3cccnc3)nc2Cl)n1. The smallest absolute Gasteiger partial charge is 0.172 e. The largest absolute Gasteiger partial charge is 0.268 e. The van der Waals surface area contributed by atoms with Crippen LogP contribution >= 0.6 is 34.3 Å². The molecule has 4 rings (SSSR count). The van der Waals surface area contributed by atoms with E-state index in [-0.39, 0.29) is 0 Å². The van der Waals surface area contributed by atoms with Crippen LogP contribution in [0.1, 0.15) is 5.69 Å². The van der Waals surface area contributed by atoms with Crippen LogP contribution in [0.15, 0.2) is 65.2 Å². The molecule has 0 radical (unpaired) electrons. The Labute approximate surface area is 175 Å². The van der Waals surface area contributed by atoms with Gasteiger partial charge in [0.1, 0.15) is 15.9 Å². The molecule has 4 heterocycles. The van der Waals surface area contributed by atoms with E-state index in [2.05, 4.69) is 39.8 Å². The zero-order valence-electron chi connectivity index (χ0n) is 15.1. The molecule has 4 aromatic heterocycles. The van der Waals surface area contributed by atoms with Crippen LogP contribution in [0.25, 0.3) is 31.2 Å².